The van der Waals surface area contributed by atoms with Crippen LogP contribution in [0.2, 0.25) is 0 Å². The molecule has 2 heterocycles. The van der Waals surface area contributed by atoms with Crippen LogP contribution in [-0.2, 0) is 0 Å². The van der Waals surface area contributed by atoms with E-state index in [1.54, 1.807) is 0 Å². The molecule has 2 heteroatoms. The minimum absolute atomic E-state index is 0.485. The molecule has 0 saturated carbocycles. The van der Waals surface area contributed by atoms with E-state index in [2.05, 4.69) is 52.0 Å². The van der Waals surface area contributed by atoms with Gasteiger partial charge in [-0.2, -0.15) is 0 Å². The number of hydrogen-bond acceptors (Lipinski definition) is 2. The van der Waals surface area contributed by atoms with Crippen molar-refractivity contribution in [3.05, 3.63) is 30.3 Å². The van der Waals surface area contributed by atoms with E-state index in [-0.39, 0.29) is 0 Å². The lowest BCUT2D eigenvalue weighted by Crippen LogP contribution is -2.36. The number of benzene rings is 1. The molecule has 88 valence electrons. The van der Waals surface area contributed by atoms with E-state index in [1.165, 1.54) is 18.5 Å². The summed E-state index contributed by atoms with van der Waals surface area (Å²) in [6.07, 6.45) is 3.03. The van der Waals surface area contributed by atoms with Crippen LogP contribution in [0.25, 0.3) is 0 Å². The highest BCUT2D eigenvalue weighted by Crippen LogP contribution is 2.33. The smallest absolute Gasteiger partial charge is 0.0832 e. The zero-order valence-electron chi connectivity index (χ0n) is 10.3. The van der Waals surface area contributed by atoms with Gasteiger partial charge in [-0.3, -0.25) is 4.90 Å². The summed E-state index contributed by atoms with van der Waals surface area (Å²) in [5.41, 5.74) is 1.35. The van der Waals surface area contributed by atoms with E-state index < -0.39 is 0 Å². The number of anilines is 1. The Bertz CT molecular complexity index is 443. The normalized spacial score (nSPS) is 27.7. The minimum atomic E-state index is 0.485. The molecule has 0 radical (unpaired) electrons. The monoisotopic (exact) mass is 226 g/mol. The van der Waals surface area contributed by atoms with Gasteiger partial charge in [0.1, 0.15) is 0 Å². The Kier molecular flexibility index (Phi) is 2.78. The second-order valence-electron chi connectivity index (χ2n) is 4.73. The molecule has 2 nitrogen and oxygen atoms in total. The number of fused-ring (bicyclic) bond motifs is 1. The number of hydrogen-bond donors (Lipinski definition) is 0. The van der Waals surface area contributed by atoms with Crippen LogP contribution in [0.4, 0.5) is 5.69 Å². The molecule has 3 rings (SSSR count). The molecular formula is C15H18N2. The minimum Gasteiger partial charge on any atom is -0.354 e. The quantitative estimate of drug-likeness (QED) is 0.678. The fraction of sp³-hybridized carbons (Fsp3) is 0.467. The Balaban J connectivity index is 1.81. The summed E-state index contributed by atoms with van der Waals surface area (Å²) in [6.45, 7) is 4.23. The predicted molar refractivity (Wildman–Crippen MR) is 70.8 cm³/mol. The molecule has 17 heavy (non-hydrogen) atoms. The highest BCUT2D eigenvalue weighted by Gasteiger charge is 2.40. The lowest BCUT2D eigenvalue weighted by Gasteiger charge is -2.27. The van der Waals surface area contributed by atoms with E-state index in [9.17, 15) is 0 Å². The van der Waals surface area contributed by atoms with Gasteiger partial charge in [0, 0.05) is 18.8 Å². The fourth-order valence-electron chi connectivity index (χ4n) is 3.10. The molecule has 2 aliphatic rings. The van der Waals surface area contributed by atoms with Gasteiger partial charge in [0.2, 0.25) is 0 Å². The summed E-state index contributed by atoms with van der Waals surface area (Å²) in [5.74, 6) is 6.40. The average molecular weight is 226 g/mol. The Hall–Kier alpha value is -1.46. The summed E-state index contributed by atoms with van der Waals surface area (Å²) in [4.78, 5) is 5.08. The zero-order chi connectivity index (χ0) is 11.7. The first-order valence-electron chi connectivity index (χ1n) is 6.40. The summed E-state index contributed by atoms with van der Waals surface area (Å²) >= 11 is 0. The number of rotatable bonds is 1. The third-order valence-corrected chi connectivity index (χ3v) is 3.84. The topological polar surface area (TPSA) is 6.48 Å². The Labute approximate surface area is 103 Å². The Morgan fingerprint density at radius 2 is 1.94 bits per heavy atom. The van der Waals surface area contributed by atoms with E-state index >= 15 is 0 Å². The van der Waals surface area contributed by atoms with Crippen LogP contribution in [0, 0.1) is 11.8 Å². The number of nitrogens with zero attached hydrogens (tertiary/aromatic N) is 2. The van der Waals surface area contributed by atoms with Crippen LogP contribution in [0.3, 0.4) is 0 Å². The van der Waals surface area contributed by atoms with Gasteiger partial charge in [0.15, 0.2) is 0 Å². The van der Waals surface area contributed by atoms with Crippen LogP contribution in [0.5, 0.6) is 0 Å². The van der Waals surface area contributed by atoms with Crippen molar-refractivity contribution in [3.8, 4) is 11.8 Å². The van der Waals surface area contributed by atoms with Crippen LogP contribution in [-0.4, -0.2) is 30.2 Å². The lowest BCUT2D eigenvalue weighted by atomic mass is 10.2. The van der Waals surface area contributed by atoms with Gasteiger partial charge in [-0.1, -0.05) is 24.1 Å². The van der Waals surface area contributed by atoms with Crippen LogP contribution in [0.1, 0.15) is 19.8 Å². The van der Waals surface area contributed by atoms with E-state index in [4.69, 9.17) is 0 Å². The third kappa shape index (κ3) is 1.81. The molecule has 0 spiro atoms. The van der Waals surface area contributed by atoms with Crippen molar-refractivity contribution in [2.75, 3.05) is 18.0 Å². The van der Waals surface area contributed by atoms with Gasteiger partial charge in [-0.05, 0) is 31.9 Å². The van der Waals surface area contributed by atoms with Crippen molar-refractivity contribution in [1.29, 1.82) is 0 Å². The van der Waals surface area contributed by atoms with Crippen molar-refractivity contribution >= 4 is 5.69 Å². The summed E-state index contributed by atoms with van der Waals surface area (Å²) in [7, 11) is 0. The molecule has 1 aromatic rings. The SMILES string of the molecule is CC#CC1CCC2N(c3ccccc3)CCN12. The largest absolute Gasteiger partial charge is 0.354 e. The van der Waals surface area contributed by atoms with Crippen LogP contribution < -0.4 is 4.90 Å². The van der Waals surface area contributed by atoms with Gasteiger partial charge in [-0.25, -0.2) is 0 Å². The summed E-state index contributed by atoms with van der Waals surface area (Å²) in [6, 6.07) is 11.2. The molecule has 0 N–H and O–H groups in total. The van der Waals surface area contributed by atoms with Gasteiger partial charge in [-0.15, -0.1) is 5.92 Å². The predicted octanol–water partition coefficient (Wildman–Crippen LogP) is 2.32. The van der Waals surface area contributed by atoms with Crippen molar-refractivity contribution in [3.63, 3.8) is 0 Å². The molecule has 1 aromatic carbocycles. The highest BCUT2D eigenvalue weighted by molar-refractivity contribution is 5.48. The molecule has 2 atom stereocenters. The van der Waals surface area contributed by atoms with E-state index in [1.807, 2.05) is 6.92 Å². The average Bonchev–Trinajstić information content (AvgIpc) is 2.94. The fourth-order valence-corrected chi connectivity index (χ4v) is 3.10. The van der Waals surface area contributed by atoms with Gasteiger partial charge in [0.25, 0.3) is 0 Å². The second kappa shape index (κ2) is 4.43. The third-order valence-electron chi connectivity index (χ3n) is 3.84. The van der Waals surface area contributed by atoms with Gasteiger partial charge in [0.05, 0.1) is 12.2 Å². The Morgan fingerprint density at radius 1 is 1.12 bits per heavy atom. The highest BCUT2D eigenvalue weighted by atomic mass is 15.4. The molecule has 2 unspecified atom stereocenters. The first kappa shape index (κ1) is 10.7. The zero-order valence-corrected chi connectivity index (χ0v) is 10.3. The molecule has 2 saturated heterocycles. The van der Waals surface area contributed by atoms with Crippen LogP contribution >= 0.6 is 0 Å². The molecule has 0 bridgehead atoms. The Morgan fingerprint density at radius 3 is 2.71 bits per heavy atom. The van der Waals surface area contributed by atoms with Gasteiger partial charge < -0.3 is 4.90 Å². The maximum Gasteiger partial charge on any atom is 0.0832 e. The molecule has 2 aliphatic heterocycles. The maximum atomic E-state index is 3.34. The number of para-hydroxylation sites is 1. The standard InChI is InChI=1S/C15H18N2/c1-2-6-13-9-10-15-16(13)11-12-17(15)14-7-4-3-5-8-14/h3-5,7-8,13,15H,9-12H2,1H3. The molecule has 0 amide bonds. The first-order chi connectivity index (χ1) is 8.40. The van der Waals surface area contributed by atoms with Crippen molar-refractivity contribution in [2.45, 2.75) is 32.0 Å². The van der Waals surface area contributed by atoms with Crippen molar-refractivity contribution in [2.24, 2.45) is 0 Å². The molecule has 2 fully saturated rings. The summed E-state index contributed by atoms with van der Waals surface area (Å²) < 4.78 is 0. The van der Waals surface area contributed by atoms with Crippen molar-refractivity contribution < 1.29 is 0 Å². The van der Waals surface area contributed by atoms with Gasteiger partial charge >= 0.3 is 0 Å². The van der Waals surface area contributed by atoms with E-state index in [0.717, 1.165) is 13.1 Å². The first-order valence-corrected chi connectivity index (χ1v) is 6.40. The van der Waals surface area contributed by atoms with E-state index in [0.29, 0.717) is 12.2 Å². The molecular weight excluding hydrogens is 208 g/mol. The summed E-state index contributed by atoms with van der Waals surface area (Å²) in [5, 5.41) is 0. The lowest BCUT2D eigenvalue weighted by molar-refractivity contribution is 0.287. The second-order valence-corrected chi connectivity index (χ2v) is 4.73. The maximum absolute atomic E-state index is 3.34. The van der Waals surface area contributed by atoms with Crippen molar-refractivity contribution in [1.82, 2.24) is 4.90 Å². The van der Waals surface area contributed by atoms with Crippen LogP contribution in [0.15, 0.2) is 30.3 Å². The molecule has 0 aromatic heterocycles. The molecule has 0 aliphatic carbocycles.